The average molecular weight is 682 g/mol. The second-order valence-corrected chi connectivity index (χ2v) is 10.6. The van der Waals surface area contributed by atoms with Gasteiger partial charge in [0.05, 0.1) is 22.2 Å². The number of ketones is 1. The van der Waals surface area contributed by atoms with Crippen molar-refractivity contribution < 1.29 is 24.2 Å². The SMILES string of the molecule is O=C(O)CCc1cc2c(c(Br)c1Br)OCC2.O=C1CCc2c(Br)c(Br)c3c(c21)CCO3. The largest absolute Gasteiger partial charge is 0.492 e. The fourth-order valence-electron chi connectivity index (χ4n) is 4.10. The van der Waals surface area contributed by atoms with Crippen LogP contribution in [0.4, 0.5) is 0 Å². The van der Waals surface area contributed by atoms with Gasteiger partial charge in [-0.15, -0.1) is 0 Å². The Bertz CT molecular complexity index is 1100. The summed E-state index contributed by atoms with van der Waals surface area (Å²) in [5.74, 6) is 1.22. The number of carbonyl (C=O) groups is 2. The Kier molecular flexibility index (Phi) is 7.15. The van der Waals surface area contributed by atoms with E-state index in [1.807, 2.05) is 6.07 Å². The summed E-state index contributed by atoms with van der Waals surface area (Å²) in [6.45, 7) is 1.38. The Morgan fingerprint density at radius 2 is 1.55 bits per heavy atom. The zero-order chi connectivity index (χ0) is 22.3. The summed E-state index contributed by atoms with van der Waals surface area (Å²) >= 11 is 14.0. The van der Waals surface area contributed by atoms with Crippen molar-refractivity contribution in [2.24, 2.45) is 0 Å². The van der Waals surface area contributed by atoms with Crippen LogP contribution in [0, 0.1) is 0 Å². The number of rotatable bonds is 3. The van der Waals surface area contributed by atoms with Gasteiger partial charge >= 0.3 is 5.97 Å². The Balaban J connectivity index is 0.000000149. The van der Waals surface area contributed by atoms with Gasteiger partial charge in [0.1, 0.15) is 11.5 Å². The average Bonchev–Trinajstić information content (AvgIpc) is 3.47. The van der Waals surface area contributed by atoms with Crippen molar-refractivity contribution >= 4 is 75.5 Å². The first kappa shape index (κ1) is 23.3. The summed E-state index contributed by atoms with van der Waals surface area (Å²) in [7, 11) is 0. The highest BCUT2D eigenvalue weighted by molar-refractivity contribution is 9.13. The molecule has 9 heteroatoms. The third-order valence-corrected chi connectivity index (χ3v) is 9.91. The third-order valence-electron chi connectivity index (χ3n) is 5.55. The van der Waals surface area contributed by atoms with E-state index in [1.54, 1.807) is 0 Å². The number of hydrogen-bond acceptors (Lipinski definition) is 4. The molecule has 5 nitrogen and oxygen atoms in total. The summed E-state index contributed by atoms with van der Waals surface area (Å²) in [5.41, 5.74) is 5.32. The molecular weight excluding hydrogens is 664 g/mol. The zero-order valence-electron chi connectivity index (χ0n) is 16.3. The highest BCUT2D eigenvalue weighted by Gasteiger charge is 2.32. The summed E-state index contributed by atoms with van der Waals surface area (Å²) in [6.07, 6.45) is 3.90. The van der Waals surface area contributed by atoms with Gasteiger partial charge < -0.3 is 14.6 Å². The first-order valence-corrected chi connectivity index (χ1v) is 13.0. The minimum Gasteiger partial charge on any atom is -0.492 e. The number of benzene rings is 2. The van der Waals surface area contributed by atoms with Crippen molar-refractivity contribution in [2.45, 2.75) is 38.5 Å². The predicted molar refractivity (Wildman–Crippen MR) is 131 cm³/mol. The predicted octanol–water partition coefficient (Wildman–Crippen LogP) is 6.44. The topological polar surface area (TPSA) is 72.8 Å². The number of Topliss-reactive ketones (excluding diaryl/α,β-unsaturated/α-hetero) is 1. The van der Waals surface area contributed by atoms with E-state index in [0.717, 1.165) is 76.5 Å². The molecule has 2 aromatic rings. The lowest BCUT2D eigenvalue weighted by molar-refractivity contribution is -0.136. The quantitative estimate of drug-likeness (QED) is 0.404. The number of hydrogen-bond donors (Lipinski definition) is 1. The molecule has 0 amide bonds. The first-order chi connectivity index (χ1) is 14.8. The van der Waals surface area contributed by atoms with Gasteiger partial charge in [-0.3, -0.25) is 9.59 Å². The van der Waals surface area contributed by atoms with Gasteiger partial charge in [-0.2, -0.15) is 0 Å². The van der Waals surface area contributed by atoms with Crippen LogP contribution >= 0.6 is 63.7 Å². The number of carboxylic acid groups (broad SMARTS) is 1. The number of aliphatic carboxylic acids is 1. The number of fused-ring (bicyclic) bond motifs is 4. The molecule has 1 N–H and O–H groups in total. The minimum absolute atomic E-state index is 0.144. The van der Waals surface area contributed by atoms with E-state index >= 15 is 0 Å². The van der Waals surface area contributed by atoms with Crippen LogP contribution in [0.15, 0.2) is 24.0 Å². The first-order valence-electron chi connectivity index (χ1n) is 9.82. The number of aryl methyl sites for hydroxylation is 1. The van der Waals surface area contributed by atoms with Crippen LogP contribution < -0.4 is 9.47 Å². The molecule has 0 bridgehead atoms. The second-order valence-electron chi connectivity index (χ2n) is 7.45. The fourth-order valence-corrected chi connectivity index (χ4v) is 6.38. The van der Waals surface area contributed by atoms with Crippen molar-refractivity contribution in [2.75, 3.05) is 13.2 Å². The fraction of sp³-hybridized carbons (Fsp3) is 0.364. The van der Waals surface area contributed by atoms with E-state index in [9.17, 15) is 9.59 Å². The van der Waals surface area contributed by atoms with E-state index in [2.05, 4.69) is 63.7 Å². The van der Waals surface area contributed by atoms with Gasteiger partial charge in [-0.25, -0.2) is 0 Å². The van der Waals surface area contributed by atoms with Crippen molar-refractivity contribution in [3.63, 3.8) is 0 Å². The van der Waals surface area contributed by atoms with Crippen LogP contribution in [0.1, 0.15) is 45.5 Å². The van der Waals surface area contributed by atoms with E-state index < -0.39 is 5.97 Å². The molecule has 0 aromatic heterocycles. The van der Waals surface area contributed by atoms with E-state index in [1.165, 1.54) is 0 Å². The van der Waals surface area contributed by atoms with Crippen molar-refractivity contribution in [1.29, 1.82) is 0 Å². The van der Waals surface area contributed by atoms with Gasteiger partial charge in [-0.05, 0) is 93.3 Å². The lowest BCUT2D eigenvalue weighted by Crippen LogP contribution is -1.99. The van der Waals surface area contributed by atoms with Crippen molar-refractivity contribution in [3.8, 4) is 11.5 Å². The number of carboxylic acids is 1. The molecule has 0 saturated carbocycles. The van der Waals surface area contributed by atoms with E-state index in [0.29, 0.717) is 26.1 Å². The van der Waals surface area contributed by atoms with Crippen molar-refractivity contribution in [1.82, 2.24) is 0 Å². The summed E-state index contributed by atoms with van der Waals surface area (Å²) in [4.78, 5) is 22.3. The van der Waals surface area contributed by atoms with Crippen LogP contribution in [0.2, 0.25) is 0 Å². The number of ether oxygens (including phenoxy) is 2. The Morgan fingerprint density at radius 1 is 0.871 bits per heavy atom. The Labute approximate surface area is 213 Å². The van der Waals surface area contributed by atoms with Crippen LogP contribution in [0.3, 0.4) is 0 Å². The van der Waals surface area contributed by atoms with Crippen LogP contribution in [-0.2, 0) is 30.5 Å². The maximum absolute atomic E-state index is 11.8. The molecule has 0 unspecified atom stereocenters. The lowest BCUT2D eigenvalue weighted by Gasteiger charge is -2.10. The van der Waals surface area contributed by atoms with Gasteiger partial charge in [0.15, 0.2) is 5.78 Å². The summed E-state index contributed by atoms with van der Waals surface area (Å²) in [5, 5.41) is 8.68. The molecule has 2 aromatic carbocycles. The standard InChI is InChI=1S/C11H10Br2O3.C11H8Br2O2/c12-9-6(1-2-8(14)15)5-7-3-4-16-11(7)10(9)13;12-9-5-1-2-7(14)8(5)6-3-4-15-11(6)10(9)13/h5H,1-4H2,(H,14,15);1-4H2. The molecule has 164 valence electrons. The Hall–Kier alpha value is -0.900. The molecule has 31 heavy (non-hydrogen) atoms. The Morgan fingerprint density at radius 3 is 2.29 bits per heavy atom. The third kappa shape index (κ3) is 4.48. The molecule has 0 saturated heterocycles. The maximum Gasteiger partial charge on any atom is 0.303 e. The highest BCUT2D eigenvalue weighted by Crippen LogP contribution is 2.46. The van der Waals surface area contributed by atoms with Crippen LogP contribution in [-0.4, -0.2) is 30.1 Å². The molecule has 1 aliphatic carbocycles. The molecule has 0 fully saturated rings. The van der Waals surface area contributed by atoms with Crippen LogP contribution in [0.5, 0.6) is 11.5 Å². The normalized spacial score (nSPS) is 15.4. The van der Waals surface area contributed by atoms with Gasteiger partial charge in [0, 0.05) is 45.8 Å². The summed E-state index contributed by atoms with van der Waals surface area (Å²) in [6, 6.07) is 2.03. The molecule has 3 aliphatic rings. The number of carbonyl (C=O) groups excluding carboxylic acids is 1. The minimum atomic E-state index is -0.778. The molecule has 5 rings (SSSR count). The van der Waals surface area contributed by atoms with Gasteiger partial charge in [-0.1, -0.05) is 6.07 Å². The molecule has 0 spiro atoms. The molecule has 0 atom stereocenters. The molecule has 2 aliphatic heterocycles. The summed E-state index contributed by atoms with van der Waals surface area (Å²) < 4.78 is 14.8. The van der Waals surface area contributed by atoms with Gasteiger partial charge in [0.25, 0.3) is 0 Å². The number of halogens is 4. The van der Waals surface area contributed by atoms with Gasteiger partial charge in [0.2, 0.25) is 0 Å². The molecule has 2 heterocycles. The zero-order valence-corrected chi connectivity index (χ0v) is 22.7. The van der Waals surface area contributed by atoms with E-state index in [4.69, 9.17) is 14.6 Å². The monoisotopic (exact) mass is 678 g/mol. The maximum atomic E-state index is 11.8. The van der Waals surface area contributed by atoms with Crippen molar-refractivity contribution in [3.05, 3.63) is 51.8 Å². The smallest absolute Gasteiger partial charge is 0.303 e. The second kappa shape index (κ2) is 9.53. The highest BCUT2D eigenvalue weighted by atomic mass is 79.9. The molecule has 0 radical (unpaired) electrons. The molecular formula is C22H18Br4O5. The van der Waals surface area contributed by atoms with Crippen LogP contribution in [0.25, 0.3) is 0 Å². The van der Waals surface area contributed by atoms with E-state index in [-0.39, 0.29) is 12.2 Å². The lowest BCUT2D eigenvalue weighted by atomic mass is 10.0.